The molecule has 0 aromatic heterocycles. The third kappa shape index (κ3) is 2.22. The maximum absolute atomic E-state index is 11.2. The van der Waals surface area contributed by atoms with Crippen LogP contribution in [0.15, 0.2) is 17.0 Å². The summed E-state index contributed by atoms with van der Waals surface area (Å²) in [4.78, 5) is -0.508. The molecule has 1 aromatic carbocycles. The maximum Gasteiger partial charge on any atom is 0.266 e. The highest BCUT2D eigenvalue weighted by atomic mass is 35.7. The van der Waals surface area contributed by atoms with Crippen LogP contribution in [0.4, 0.5) is 0 Å². The summed E-state index contributed by atoms with van der Waals surface area (Å²) in [6, 6.07) is 4.50. The third-order valence-corrected chi connectivity index (χ3v) is 3.32. The first kappa shape index (κ1) is 11.8. The van der Waals surface area contributed by atoms with E-state index < -0.39 is 19.7 Å². The summed E-state index contributed by atoms with van der Waals surface area (Å²) in [6.45, 7) is 1.76. The summed E-state index contributed by atoms with van der Waals surface area (Å²) >= 11 is 0. The molecule has 0 atom stereocenters. The molecule has 0 aliphatic heterocycles. The first-order chi connectivity index (χ1) is 6.91. The quantitative estimate of drug-likeness (QED) is 0.806. The van der Waals surface area contributed by atoms with Crippen LogP contribution in [-0.4, -0.2) is 13.5 Å². The molecule has 15 heavy (non-hydrogen) atoms. The van der Waals surface area contributed by atoms with E-state index in [1.807, 2.05) is 0 Å². The normalized spacial score (nSPS) is 11.0. The summed E-state index contributed by atoms with van der Waals surface area (Å²) in [5, 5.41) is 18.3. The van der Waals surface area contributed by atoms with Crippen LogP contribution in [0, 0.1) is 11.3 Å². The van der Waals surface area contributed by atoms with Gasteiger partial charge in [0.05, 0.1) is 5.56 Å². The zero-order valence-corrected chi connectivity index (χ0v) is 9.43. The lowest BCUT2D eigenvalue weighted by Gasteiger charge is -2.07. The molecule has 1 rings (SSSR count). The lowest BCUT2D eigenvalue weighted by molar-refractivity contribution is 0.452. The van der Waals surface area contributed by atoms with Gasteiger partial charge in [-0.3, -0.25) is 0 Å². The molecule has 0 aliphatic rings. The van der Waals surface area contributed by atoms with E-state index in [1.54, 1.807) is 13.0 Å². The van der Waals surface area contributed by atoms with Crippen LogP contribution in [0.2, 0.25) is 0 Å². The van der Waals surface area contributed by atoms with Crippen molar-refractivity contribution in [2.75, 3.05) is 0 Å². The van der Waals surface area contributed by atoms with E-state index in [1.165, 1.54) is 12.1 Å². The van der Waals surface area contributed by atoms with Crippen molar-refractivity contribution in [3.05, 3.63) is 23.3 Å². The Morgan fingerprint density at radius 1 is 1.53 bits per heavy atom. The summed E-state index contributed by atoms with van der Waals surface area (Å²) < 4.78 is 22.3. The van der Waals surface area contributed by atoms with Crippen molar-refractivity contribution in [2.45, 2.75) is 18.2 Å². The molecule has 6 heteroatoms. The fraction of sp³-hybridized carbons (Fsp3) is 0.222. The molecule has 0 saturated heterocycles. The molecule has 4 nitrogen and oxygen atoms in total. The van der Waals surface area contributed by atoms with Gasteiger partial charge in [-0.15, -0.1) is 0 Å². The zero-order valence-electron chi connectivity index (χ0n) is 7.86. The second-order valence-corrected chi connectivity index (χ2v) is 5.36. The smallest absolute Gasteiger partial charge is 0.266 e. The first-order valence-electron chi connectivity index (χ1n) is 4.11. The Morgan fingerprint density at radius 2 is 2.13 bits per heavy atom. The monoisotopic (exact) mass is 245 g/mol. The number of hydrogen-bond donors (Lipinski definition) is 1. The minimum atomic E-state index is -4.11. The topological polar surface area (TPSA) is 78.2 Å². The minimum absolute atomic E-state index is 0.153. The number of aromatic hydroxyl groups is 1. The van der Waals surface area contributed by atoms with Crippen LogP contribution in [0.1, 0.15) is 18.1 Å². The van der Waals surface area contributed by atoms with Gasteiger partial charge >= 0.3 is 0 Å². The van der Waals surface area contributed by atoms with E-state index in [9.17, 15) is 13.5 Å². The van der Waals surface area contributed by atoms with Gasteiger partial charge in [-0.05, 0) is 18.1 Å². The average Bonchev–Trinajstić information content (AvgIpc) is 2.15. The first-order valence-corrected chi connectivity index (χ1v) is 6.42. The molecule has 1 N–H and O–H groups in total. The third-order valence-electron chi connectivity index (χ3n) is 1.96. The zero-order chi connectivity index (χ0) is 11.6. The molecule has 0 saturated carbocycles. The Labute approximate surface area is 92.1 Å². The molecule has 0 bridgehead atoms. The van der Waals surface area contributed by atoms with Crippen molar-refractivity contribution < 1.29 is 13.5 Å². The highest BCUT2D eigenvalue weighted by Crippen LogP contribution is 2.32. The molecule has 80 valence electrons. The number of phenols is 1. The molecule has 0 unspecified atom stereocenters. The number of nitrogens with zero attached hydrogens (tertiary/aromatic N) is 1. The fourth-order valence-corrected chi connectivity index (χ4v) is 2.44. The van der Waals surface area contributed by atoms with Gasteiger partial charge in [0.1, 0.15) is 16.7 Å². The number of rotatable bonds is 2. The second kappa shape index (κ2) is 4.09. The van der Waals surface area contributed by atoms with Crippen LogP contribution in [0.25, 0.3) is 0 Å². The van der Waals surface area contributed by atoms with Crippen LogP contribution in [0.3, 0.4) is 0 Å². The Balaban J connectivity index is 3.67. The van der Waals surface area contributed by atoms with Gasteiger partial charge in [0.15, 0.2) is 0 Å². The predicted octanol–water partition coefficient (Wildman–Crippen LogP) is 1.75. The van der Waals surface area contributed by atoms with Crippen LogP contribution >= 0.6 is 10.7 Å². The van der Waals surface area contributed by atoms with E-state index in [0.717, 1.165) is 0 Å². The Kier molecular flexibility index (Phi) is 3.22. The number of aryl methyl sites for hydroxylation is 1. The molecular weight excluding hydrogens is 238 g/mol. The van der Waals surface area contributed by atoms with Gasteiger partial charge in [-0.2, -0.15) is 5.26 Å². The maximum atomic E-state index is 11.2. The Bertz CT molecular complexity index is 531. The summed E-state index contributed by atoms with van der Waals surface area (Å²) in [5.41, 5.74) is 0.285. The largest absolute Gasteiger partial charge is 0.506 e. The SMILES string of the molecule is CCc1ccc(C#N)c(S(=O)(=O)Cl)c1O. The summed E-state index contributed by atoms with van der Waals surface area (Å²) in [5.74, 6) is -0.438. The van der Waals surface area contributed by atoms with Gasteiger partial charge in [-0.25, -0.2) is 8.42 Å². The van der Waals surface area contributed by atoms with Crippen molar-refractivity contribution in [3.63, 3.8) is 0 Å². The number of hydrogen-bond acceptors (Lipinski definition) is 4. The molecule has 1 aromatic rings. The molecule has 0 radical (unpaired) electrons. The number of nitriles is 1. The Morgan fingerprint density at radius 3 is 2.53 bits per heavy atom. The molecule has 0 heterocycles. The Hall–Kier alpha value is -1.25. The second-order valence-electron chi connectivity index (χ2n) is 2.85. The fourth-order valence-electron chi connectivity index (χ4n) is 1.23. The van der Waals surface area contributed by atoms with Gasteiger partial charge < -0.3 is 5.11 Å². The summed E-state index contributed by atoms with van der Waals surface area (Å²) in [7, 11) is 1.03. The molecule has 0 aliphatic carbocycles. The lowest BCUT2D eigenvalue weighted by Crippen LogP contribution is -1.98. The van der Waals surface area contributed by atoms with Gasteiger partial charge in [0, 0.05) is 10.7 Å². The van der Waals surface area contributed by atoms with Gasteiger partial charge in [0.2, 0.25) is 0 Å². The summed E-state index contributed by atoms with van der Waals surface area (Å²) in [6.07, 6.45) is 0.455. The predicted molar refractivity (Wildman–Crippen MR) is 55.2 cm³/mol. The van der Waals surface area contributed by atoms with E-state index in [-0.39, 0.29) is 5.56 Å². The lowest BCUT2D eigenvalue weighted by atomic mass is 10.1. The number of phenolic OH excluding ortho intramolecular Hbond substituents is 1. The highest BCUT2D eigenvalue weighted by Gasteiger charge is 2.22. The van der Waals surface area contributed by atoms with Crippen molar-refractivity contribution in [1.82, 2.24) is 0 Å². The standard InChI is InChI=1S/C9H8ClNO3S/c1-2-6-3-4-7(5-11)9(8(6)12)15(10,13)14/h3-4,12H,2H2,1H3. The van der Waals surface area contributed by atoms with E-state index in [4.69, 9.17) is 15.9 Å². The van der Waals surface area contributed by atoms with Crippen molar-refractivity contribution in [3.8, 4) is 11.8 Å². The van der Waals surface area contributed by atoms with E-state index >= 15 is 0 Å². The highest BCUT2D eigenvalue weighted by molar-refractivity contribution is 8.13. The van der Waals surface area contributed by atoms with Crippen LogP contribution in [-0.2, 0) is 15.5 Å². The molecule has 0 fully saturated rings. The van der Waals surface area contributed by atoms with Crippen LogP contribution in [0.5, 0.6) is 5.75 Å². The number of benzene rings is 1. The molecular formula is C9H8ClNO3S. The number of halogens is 1. The average molecular weight is 246 g/mol. The minimum Gasteiger partial charge on any atom is -0.506 e. The van der Waals surface area contributed by atoms with Crippen molar-refractivity contribution >= 4 is 19.7 Å². The van der Waals surface area contributed by atoms with E-state index in [2.05, 4.69) is 0 Å². The molecule has 0 amide bonds. The van der Waals surface area contributed by atoms with E-state index in [0.29, 0.717) is 12.0 Å². The van der Waals surface area contributed by atoms with Crippen molar-refractivity contribution in [1.29, 1.82) is 5.26 Å². The van der Waals surface area contributed by atoms with Crippen LogP contribution < -0.4 is 0 Å². The van der Waals surface area contributed by atoms with Gasteiger partial charge in [0.25, 0.3) is 9.05 Å². The van der Waals surface area contributed by atoms with Gasteiger partial charge in [-0.1, -0.05) is 13.0 Å². The van der Waals surface area contributed by atoms with Crippen molar-refractivity contribution in [2.24, 2.45) is 0 Å². The molecule has 0 spiro atoms.